The third kappa shape index (κ3) is 4.14. The van der Waals surface area contributed by atoms with E-state index in [1.807, 2.05) is 37.3 Å². The molecule has 7 heteroatoms. The molecule has 4 aromatic rings. The number of nitrogens with one attached hydrogen (secondary N) is 2. The average Bonchev–Trinajstić information content (AvgIpc) is 3.17. The van der Waals surface area contributed by atoms with E-state index >= 15 is 0 Å². The van der Waals surface area contributed by atoms with Crippen molar-refractivity contribution in [3.05, 3.63) is 48.3 Å². The Kier molecular flexibility index (Phi) is 5.34. The summed E-state index contributed by atoms with van der Waals surface area (Å²) in [5.74, 6) is 3.25. The number of rotatable bonds is 6. The lowest BCUT2D eigenvalue weighted by Crippen LogP contribution is -2.30. The number of fused-ring (bicyclic) bond motifs is 2. The molecule has 2 aromatic heterocycles. The summed E-state index contributed by atoms with van der Waals surface area (Å²) in [4.78, 5) is 3.34. The molecule has 160 valence electrons. The van der Waals surface area contributed by atoms with Gasteiger partial charge in [0.05, 0.1) is 25.3 Å². The van der Waals surface area contributed by atoms with E-state index in [4.69, 9.17) is 14.2 Å². The zero-order chi connectivity index (χ0) is 21.2. The van der Waals surface area contributed by atoms with E-state index in [0.717, 1.165) is 53.7 Å². The number of hydrogen-bond donors (Lipinski definition) is 2. The number of H-pyrrole nitrogens is 1. The lowest BCUT2D eigenvalue weighted by atomic mass is 9.99. The van der Waals surface area contributed by atoms with Crippen LogP contribution in [0.4, 0.5) is 0 Å². The van der Waals surface area contributed by atoms with Crippen LogP contribution in [0.1, 0.15) is 18.5 Å². The Bertz CT molecular complexity index is 1210. The molecular weight excluding hydrogens is 392 g/mol. The van der Waals surface area contributed by atoms with E-state index in [0.29, 0.717) is 35.3 Å². The Morgan fingerprint density at radius 2 is 1.90 bits per heavy atom. The Morgan fingerprint density at radius 1 is 1.03 bits per heavy atom. The van der Waals surface area contributed by atoms with Gasteiger partial charge in [-0.25, -0.2) is 0 Å². The normalized spacial score (nSPS) is 14.8. The highest BCUT2D eigenvalue weighted by molar-refractivity contribution is 5.88. The molecule has 2 aromatic carbocycles. The Labute approximate surface area is 180 Å². The van der Waals surface area contributed by atoms with Crippen LogP contribution in [0.5, 0.6) is 23.0 Å². The molecule has 31 heavy (non-hydrogen) atoms. The zero-order valence-electron chi connectivity index (χ0n) is 17.8. The van der Waals surface area contributed by atoms with Gasteiger partial charge >= 0.3 is 0 Å². The van der Waals surface area contributed by atoms with Gasteiger partial charge in [0, 0.05) is 23.3 Å². The number of aromatic nitrogens is 3. The average molecular weight is 418 g/mol. The monoisotopic (exact) mass is 418 g/mol. The van der Waals surface area contributed by atoms with Crippen molar-refractivity contribution in [3.8, 4) is 23.0 Å². The SMILES string of the molecule is COc1cc2c(Oc3ccc4cc(C)[nH]c4c3)cnnc2cc1OCC1CCNCC1. The molecule has 0 amide bonds. The number of aryl methyl sites for hydroxylation is 1. The molecule has 3 heterocycles. The van der Waals surface area contributed by atoms with Gasteiger partial charge in [-0.05, 0) is 68.4 Å². The maximum absolute atomic E-state index is 6.18. The van der Waals surface area contributed by atoms with E-state index in [9.17, 15) is 0 Å². The molecule has 5 rings (SSSR count). The summed E-state index contributed by atoms with van der Waals surface area (Å²) >= 11 is 0. The first-order chi connectivity index (χ1) is 15.2. The molecule has 1 aliphatic rings. The maximum Gasteiger partial charge on any atom is 0.163 e. The summed E-state index contributed by atoms with van der Waals surface area (Å²) in [5.41, 5.74) is 2.85. The highest BCUT2D eigenvalue weighted by Crippen LogP contribution is 2.37. The Balaban J connectivity index is 1.43. The van der Waals surface area contributed by atoms with Crippen LogP contribution in [0, 0.1) is 12.8 Å². The molecule has 0 spiro atoms. The summed E-state index contributed by atoms with van der Waals surface area (Å²) < 4.78 is 17.9. The van der Waals surface area contributed by atoms with Gasteiger partial charge in [-0.1, -0.05) is 0 Å². The van der Waals surface area contributed by atoms with Gasteiger partial charge in [0.25, 0.3) is 0 Å². The zero-order valence-corrected chi connectivity index (χ0v) is 17.8. The van der Waals surface area contributed by atoms with Crippen LogP contribution >= 0.6 is 0 Å². The summed E-state index contributed by atoms with van der Waals surface area (Å²) in [6, 6.07) is 11.9. The van der Waals surface area contributed by atoms with Gasteiger partial charge in [-0.2, -0.15) is 10.2 Å². The van der Waals surface area contributed by atoms with E-state index < -0.39 is 0 Å². The van der Waals surface area contributed by atoms with Crippen molar-refractivity contribution in [1.82, 2.24) is 20.5 Å². The molecule has 2 N–H and O–H groups in total. The summed E-state index contributed by atoms with van der Waals surface area (Å²) in [6.07, 6.45) is 3.87. The number of benzene rings is 2. The highest BCUT2D eigenvalue weighted by atomic mass is 16.5. The van der Waals surface area contributed by atoms with Gasteiger partial charge in [-0.3, -0.25) is 0 Å². The van der Waals surface area contributed by atoms with Gasteiger partial charge in [-0.15, -0.1) is 0 Å². The minimum Gasteiger partial charge on any atom is -0.493 e. The van der Waals surface area contributed by atoms with Crippen LogP contribution in [-0.2, 0) is 0 Å². The summed E-state index contributed by atoms with van der Waals surface area (Å²) in [6.45, 7) is 4.80. The second kappa shape index (κ2) is 8.43. The molecule has 0 unspecified atom stereocenters. The lowest BCUT2D eigenvalue weighted by Gasteiger charge is -2.23. The predicted molar refractivity (Wildman–Crippen MR) is 120 cm³/mol. The quantitative estimate of drug-likeness (QED) is 0.476. The van der Waals surface area contributed by atoms with Gasteiger partial charge < -0.3 is 24.5 Å². The van der Waals surface area contributed by atoms with E-state index in [-0.39, 0.29) is 0 Å². The third-order valence-electron chi connectivity index (χ3n) is 5.78. The Hall–Kier alpha value is -3.32. The van der Waals surface area contributed by atoms with Crippen molar-refractivity contribution in [1.29, 1.82) is 0 Å². The van der Waals surface area contributed by atoms with E-state index in [1.165, 1.54) is 0 Å². The fourth-order valence-electron chi connectivity index (χ4n) is 4.09. The van der Waals surface area contributed by atoms with Crippen molar-refractivity contribution in [2.24, 2.45) is 5.92 Å². The fourth-order valence-corrected chi connectivity index (χ4v) is 4.09. The minimum atomic E-state index is 0.550. The van der Waals surface area contributed by atoms with Crippen LogP contribution in [0.2, 0.25) is 0 Å². The first kappa shape index (κ1) is 19.6. The van der Waals surface area contributed by atoms with Gasteiger partial charge in [0.2, 0.25) is 0 Å². The predicted octanol–water partition coefficient (Wildman–Crippen LogP) is 4.60. The third-order valence-corrected chi connectivity index (χ3v) is 5.78. The van der Waals surface area contributed by atoms with Crippen molar-refractivity contribution < 1.29 is 14.2 Å². The van der Waals surface area contributed by atoms with Crippen molar-refractivity contribution in [3.63, 3.8) is 0 Å². The van der Waals surface area contributed by atoms with Crippen molar-refractivity contribution in [2.45, 2.75) is 19.8 Å². The Morgan fingerprint density at radius 3 is 2.74 bits per heavy atom. The van der Waals surface area contributed by atoms with Gasteiger partial charge in [0.1, 0.15) is 11.3 Å². The molecule has 1 fully saturated rings. The fraction of sp³-hybridized carbons (Fsp3) is 0.333. The second-order valence-corrected chi connectivity index (χ2v) is 8.04. The van der Waals surface area contributed by atoms with Crippen LogP contribution in [0.15, 0.2) is 42.6 Å². The molecule has 1 saturated heterocycles. The largest absolute Gasteiger partial charge is 0.493 e. The summed E-state index contributed by atoms with van der Waals surface area (Å²) in [7, 11) is 1.65. The number of hydrogen-bond acceptors (Lipinski definition) is 6. The maximum atomic E-state index is 6.18. The number of ether oxygens (including phenoxy) is 3. The van der Waals surface area contributed by atoms with Crippen LogP contribution in [0.25, 0.3) is 21.8 Å². The van der Waals surface area contributed by atoms with Crippen LogP contribution in [-0.4, -0.2) is 42.0 Å². The molecule has 0 aliphatic carbocycles. The second-order valence-electron chi connectivity index (χ2n) is 8.04. The smallest absolute Gasteiger partial charge is 0.163 e. The standard InChI is InChI=1S/C24H26N4O3/c1-15-9-17-3-4-18(10-20(17)27-15)31-24-13-26-28-21-12-23(22(29-2)11-19(21)24)30-14-16-5-7-25-8-6-16/h3-4,9-13,16,25,27H,5-8,14H2,1-2H3. The molecule has 0 bridgehead atoms. The summed E-state index contributed by atoms with van der Waals surface area (Å²) in [5, 5.41) is 13.8. The molecule has 1 aliphatic heterocycles. The molecular formula is C24H26N4O3. The van der Waals surface area contributed by atoms with Gasteiger partial charge in [0.15, 0.2) is 17.2 Å². The van der Waals surface area contributed by atoms with E-state index in [1.54, 1.807) is 13.3 Å². The molecule has 0 atom stereocenters. The first-order valence-electron chi connectivity index (χ1n) is 10.6. The van der Waals surface area contributed by atoms with E-state index in [2.05, 4.69) is 26.6 Å². The molecule has 0 saturated carbocycles. The first-order valence-corrected chi connectivity index (χ1v) is 10.6. The van der Waals surface area contributed by atoms with Crippen LogP contribution in [0.3, 0.4) is 0 Å². The van der Waals surface area contributed by atoms with Crippen molar-refractivity contribution in [2.75, 3.05) is 26.8 Å². The molecule has 7 nitrogen and oxygen atoms in total. The van der Waals surface area contributed by atoms with Crippen LogP contribution < -0.4 is 19.5 Å². The minimum absolute atomic E-state index is 0.550. The number of nitrogens with zero attached hydrogens (tertiary/aromatic N) is 2. The number of methoxy groups -OCH3 is 1. The topological polar surface area (TPSA) is 81.3 Å². The number of aromatic amines is 1. The highest BCUT2D eigenvalue weighted by Gasteiger charge is 2.17. The lowest BCUT2D eigenvalue weighted by molar-refractivity contribution is 0.208. The molecule has 0 radical (unpaired) electrons. The van der Waals surface area contributed by atoms with Crippen molar-refractivity contribution >= 4 is 21.8 Å². The number of piperidine rings is 1.